The Morgan fingerprint density at radius 1 is 0.795 bits per heavy atom. The van der Waals surface area contributed by atoms with Gasteiger partial charge in [0.1, 0.15) is 0 Å². The van der Waals surface area contributed by atoms with E-state index >= 15 is 0 Å². The molecule has 6 nitrogen and oxygen atoms in total. The van der Waals surface area contributed by atoms with E-state index in [1.54, 1.807) is 0 Å². The quantitative estimate of drug-likeness (QED) is 0.0644. The average Bonchev–Trinajstić information content (AvgIpc) is 2.84. The lowest BCUT2D eigenvalue weighted by Crippen LogP contribution is -2.69. The Morgan fingerprint density at radius 2 is 1.30 bits per heavy atom. The lowest BCUT2D eigenvalue weighted by Gasteiger charge is -2.38. The first-order valence-corrected chi connectivity index (χ1v) is 10.9. The summed E-state index contributed by atoms with van der Waals surface area (Å²) < 4.78 is 255. The first-order chi connectivity index (χ1) is 19.3. The lowest BCUT2D eigenvalue weighted by molar-refractivity contribution is -0.414. The van der Waals surface area contributed by atoms with Crippen molar-refractivity contribution < 1.29 is 103 Å². The van der Waals surface area contributed by atoms with Crippen molar-refractivity contribution in [3.05, 3.63) is 28.3 Å². The Balaban J connectivity index is 3.09. The van der Waals surface area contributed by atoms with Crippen LogP contribution in [0.25, 0.3) is 0 Å². The number of hydrogen-bond acceptors (Lipinski definition) is 6. The lowest BCUT2D eigenvalue weighted by atomic mass is 9.94. The van der Waals surface area contributed by atoms with Crippen molar-refractivity contribution in [2.24, 2.45) is 0 Å². The van der Waals surface area contributed by atoms with Gasteiger partial charge in [-0.2, -0.15) is 74.6 Å². The van der Waals surface area contributed by atoms with Gasteiger partial charge in [0.2, 0.25) is 0 Å². The van der Waals surface area contributed by atoms with Crippen molar-refractivity contribution in [2.45, 2.75) is 58.3 Å². The third kappa shape index (κ3) is 6.92. The maximum atomic E-state index is 13.7. The fourth-order valence-corrected chi connectivity index (χ4v) is 3.26. The number of carbonyl (C=O) groups is 1. The van der Waals surface area contributed by atoms with Gasteiger partial charge in [-0.25, -0.2) is 13.6 Å². The van der Waals surface area contributed by atoms with Gasteiger partial charge < -0.3 is 9.47 Å². The summed E-state index contributed by atoms with van der Waals surface area (Å²) in [5.74, 6) is -47.8. The molecule has 0 saturated carbocycles. The SMILES string of the molecule is O=C(COc1ccc(SC(F)(F)C(F)(F)C(F)(F)F)cc1[N+](=O)[O-])OCC(F)(F)C(F)(F)C(F)(F)C(F)(F)C(F)(F)C(F)F. The standard InChI is InChI=1S/C18H8F19NO5S/c19-10(20)12(23,24)14(27,28)15(29,30)13(25,26)11(21,22)5-43-9(39)4-42-8-2-1-6(3-7(8)38(40)41)44-18(36,37)16(31,32)17(33,34)35/h1-3,10H,4-5H2. The van der Waals surface area contributed by atoms with Crippen molar-refractivity contribution in [3.8, 4) is 5.75 Å². The van der Waals surface area contributed by atoms with E-state index in [4.69, 9.17) is 0 Å². The molecule has 1 aromatic carbocycles. The number of halogens is 19. The molecule has 0 bridgehead atoms. The van der Waals surface area contributed by atoms with Crippen molar-refractivity contribution in [1.29, 1.82) is 0 Å². The molecule has 0 atom stereocenters. The van der Waals surface area contributed by atoms with Crippen LogP contribution in [0, 0.1) is 10.1 Å². The summed E-state index contributed by atoms with van der Waals surface area (Å²) in [4.78, 5) is 19.6. The molecular formula is C18H8F19NO5S. The summed E-state index contributed by atoms with van der Waals surface area (Å²) in [5.41, 5.74) is -1.60. The minimum absolute atomic E-state index is 0.127. The normalized spacial score (nSPS) is 14.5. The van der Waals surface area contributed by atoms with Crippen molar-refractivity contribution in [3.63, 3.8) is 0 Å². The highest BCUT2D eigenvalue weighted by atomic mass is 32.2. The number of alkyl halides is 19. The summed E-state index contributed by atoms with van der Waals surface area (Å²) in [6.45, 7) is -5.32. The molecule has 0 spiro atoms. The summed E-state index contributed by atoms with van der Waals surface area (Å²) in [5, 5.41) is 5.09. The van der Waals surface area contributed by atoms with Gasteiger partial charge >= 0.3 is 65.0 Å². The van der Waals surface area contributed by atoms with Gasteiger partial charge in [-0.1, -0.05) is 0 Å². The van der Waals surface area contributed by atoms with E-state index in [1.165, 1.54) is 0 Å². The predicted octanol–water partition coefficient (Wildman–Crippen LogP) is 7.84. The molecule has 0 aliphatic rings. The zero-order chi connectivity index (χ0) is 35.1. The Labute approximate surface area is 232 Å². The van der Waals surface area contributed by atoms with Crippen LogP contribution in [-0.2, 0) is 9.53 Å². The van der Waals surface area contributed by atoms with Gasteiger partial charge in [-0.3, -0.25) is 10.1 Å². The number of ether oxygens (including phenoxy) is 2. The Morgan fingerprint density at radius 3 is 1.73 bits per heavy atom. The minimum Gasteiger partial charge on any atom is -0.475 e. The Hall–Kier alpha value is -3.09. The highest BCUT2D eigenvalue weighted by molar-refractivity contribution is 8.00. The van der Waals surface area contributed by atoms with Gasteiger partial charge in [0.25, 0.3) is 0 Å². The van der Waals surface area contributed by atoms with Crippen LogP contribution in [0.4, 0.5) is 89.1 Å². The number of nitrogens with zero attached hydrogens (tertiary/aromatic N) is 1. The van der Waals surface area contributed by atoms with Gasteiger partial charge in [0.15, 0.2) is 19.0 Å². The maximum absolute atomic E-state index is 13.7. The first-order valence-electron chi connectivity index (χ1n) is 10.1. The average molecular weight is 711 g/mol. The van der Waals surface area contributed by atoms with Gasteiger partial charge in [0.05, 0.1) is 4.92 Å². The van der Waals surface area contributed by atoms with Crippen LogP contribution in [0.5, 0.6) is 5.75 Å². The van der Waals surface area contributed by atoms with Crippen LogP contribution in [0.3, 0.4) is 0 Å². The van der Waals surface area contributed by atoms with E-state index in [1.807, 2.05) is 0 Å². The second-order valence-corrected chi connectivity index (χ2v) is 9.07. The molecule has 0 aliphatic carbocycles. The zero-order valence-electron chi connectivity index (χ0n) is 19.8. The third-order valence-electron chi connectivity index (χ3n) is 4.80. The summed E-state index contributed by atoms with van der Waals surface area (Å²) in [6.07, 6.45) is -12.6. The van der Waals surface area contributed by atoms with E-state index in [9.17, 15) is 98.3 Å². The molecule has 1 aromatic rings. The van der Waals surface area contributed by atoms with Gasteiger partial charge in [-0.15, -0.1) is 0 Å². The number of hydrogen-bond donors (Lipinski definition) is 0. The zero-order valence-corrected chi connectivity index (χ0v) is 20.6. The van der Waals surface area contributed by atoms with Crippen LogP contribution in [0.1, 0.15) is 0 Å². The molecule has 0 saturated heterocycles. The highest BCUT2D eigenvalue weighted by Gasteiger charge is 2.88. The number of thioether (sulfide) groups is 1. The molecule has 0 aromatic heterocycles. The molecule has 0 fully saturated rings. The van der Waals surface area contributed by atoms with Crippen molar-refractivity contribution in [2.75, 3.05) is 13.2 Å². The smallest absolute Gasteiger partial charge is 0.460 e. The molecule has 0 aliphatic heterocycles. The molecule has 0 heterocycles. The molecule has 0 radical (unpaired) electrons. The second-order valence-electron chi connectivity index (χ2n) is 7.88. The number of nitro groups is 1. The van der Waals surface area contributed by atoms with E-state index < -0.39 is 106 Å². The Bertz CT molecular complexity index is 1220. The van der Waals surface area contributed by atoms with E-state index in [2.05, 4.69) is 9.47 Å². The number of benzene rings is 1. The monoisotopic (exact) mass is 711 g/mol. The van der Waals surface area contributed by atoms with Gasteiger partial charge in [0, 0.05) is 11.0 Å². The molecular weight excluding hydrogens is 703 g/mol. The van der Waals surface area contributed by atoms with E-state index in [-0.39, 0.29) is 18.2 Å². The van der Waals surface area contributed by atoms with Crippen LogP contribution < -0.4 is 4.74 Å². The summed E-state index contributed by atoms with van der Waals surface area (Å²) in [7, 11) is 0. The number of nitro benzene ring substituents is 1. The summed E-state index contributed by atoms with van der Waals surface area (Å²) in [6, 6.07) is 0.173. The Kier molecular flexibility index (Phi) is 10.6. The van der Waals surface area contributed by atoms with E-state index in [0.29, 0.717) is 0 Å². The van der Waals surface area contributed by atoms with Crippen LogP contribution in [0.15, 0.2) is 23.1 Å². The topological polar surface area (TPSA) is 78.7 Å². The third-order valence-corrected chi connectivity index (χ3v) is 5.80. The molecule has 0 amide bonds. The maximum Gasteiger partial charge on any atom is 0.460 e. The highest BCUT2D eigenvalue weighted by Crippen LogP contribution is 2.58. The predicted molar refractivity (Wildman–Crippen MR) is 102 cm³/mol. The molecule has 1 rings (SSSR count). The van der Waals surface area contributed by atoms with Gasteiger partial charge in [-0.05, 0) is 23.9 Å². The van der Waals surface area contributed by atoms with E-state index in [0.717, 1.165) is 0 Å². The number of rotatable bonds is 14. The molecule has 44 heavy (non-hydrogen) atoms. The second kappa shape index (κ2) is 12.0. The summed E-state index contributed by atoms with van der Waals surface area (Å²) >= 11 is -1.55. The van der Waals surface area contributed by atoms with Crippen LogP contribution in [0.2, 0.25) is 0 Å². The van der Waals surface area contributed by atoms with Crippen molar-refractivity contribution >= 4 is 23.4 Å². The van der Waals surface area contributed by atoms with Crippen molar-refractivity contribution in [1.82, 2.24) is 0 Å². The fourth-order valence-electron chi connectivity index (χ4n) is 2.42. The van der Waals surface area contributed by atoms with Crippen LogP contribution in [-0.4, -0.2) is 77.5 Å². The number of esters is 1. The molecule has 0 unspecified atom stereocenters. The van der Waals surface area contributed by atoms with Crippen LogP contribution >= 0.6 is 11.8 Å². The fraction of sp³-hybridized carbons (Fsp3) is 0.611. The largest absolute Gasteiger partial charge is 0.475 e. The number of carbonyl (C=O) groups excluding carboxylic acids is 1. The molecule has 26 heteroatoms. The first kappa shape index (κ1) is 38.9. The molecule has 0 N–H and O–H groups in total. The minimum atomic E-state index is -7.94. The molecule has 254 valence electrons.